The van der Waals surface area contributed by atoms with Crippen molar-refractivity contribution in [1.29, 1.82) is 0 Å². The predicted octanol–water partition coefficient (Wildman–Crippen LogP) is 11.2. The summed E-state index contributed by atoms with van der Waals surface area (Å²) in [6, 6.07) is 19.1. The van der Waals surface area contributed by atoms with Gasteiger partial charge >= 0.3 is 105 Å². The minimum Gasteiger partial charge on any atom is -0.684 e. The van der Waals surface area contributed by atoms with E-state index in [4.69, 9.17) is 0 Å². The van der Waals surface area contributed by atoms with Crippen LogP contribution in [0.5, 0.6) is 0 Å². The van der Waals surface area contributed by atoms with Gasteiger partial charge in [-0.25, -0.2) is 13.2 Å². The van der Waals surface area contributed by atoms with Crippen molar-refractivity contribution in [2.45, 2.75) is 191 Å². The van der Waals surface area contributed by atoms with E-state index < -0.39 is 142 Å². The third-order valence-electron chi connectivity index (χ3n) is 13.7. The van der Waals surface area contributed by atoms with Gasteiger partial charge in [-0.3, -0.25) is 87.7 Å². The average molecular weight is 2380 g/mol. The van der Waals surface area contributed by atoms with Gasteiger partial charge in [0.2, 0.25) is 59.1 Å². The summed E-state index contributed by atoms with van der Waals surface area (Å²) in [5.41, 5.74) is 0.643. The van der Waals surface area contributed by atoms with Gasteiger partial charge in [-0.05, 0) is 91.8 Å². The van der Waals surface area contributed by atoms with Gasteiger partial charge in [0.05, 0.1) is 0 Å². The molecule has 10 rings (SSSR count). The van der Waals surface area contributed by atoms with Gasteiger partial charge in [0.1, 0.15) is 0 Å². The van der Waals surface area contributed by atoms with Crippen LogP contribution in [0.4, 0.5) is 26.3 Å². The Kier molecular flexibility index (Phi) is 58.5. The summed E-state index contributed by atoms with van der Waals surface area (Å²) in [6.45, 7) is 26.2. The maximum absolute atomic E-state index is 13.7. The first kappa shape index (κ1) is 111. The fraction of sp³-hybridized carbons (Fsp3) is 0.392. The summed E-state index contributed by atoms with van der Waals surface area (Å²) in [5.74, 6) is -13.4. The molecule has 5 aliphatic heterocycles. The van der Waals surface area contributed by atoms with E-state index in [1.54, 1.807) is 13.8 Å². The van der Waals surface area contributed by atoms with Crippen molar-refractivity contribution < 1.29 is 204 Å². The number of aryl methyl sites for hydroxylation is 4. The molecule has 0 bridgehead atoms. The van der Waals surface area contributed by atoms with Crippen LogP contribution in [-0.4, -0.2) is 119 Å². The number of nitrogens with one attached hydrogen (secondary N) is 5. The number of imide groups is 5. The third kappa shape index (κ3) is 37.5. The Morgan fingerprint density at radius 3 is 1.06 bits per heavy atom. The molecular weight excluding hydrogens is 2300 g/mol. The second-order valence-electron chi connectivity index (χ2n) is 21.1. The maximum Gasteiger partial charge on any atom is 2.00 e. The van der Waals surface area contributed by atoms with Gasteiger partial charge in [-0.1, -0.05) is 125 Å². The molecule has 5 aliphatic rings. The van der Waals surface area contributed by atoms with Crippen LogP contribution in [0.15, 0.2) is 60.7 Å². The van der Waals surface area contributed by atoms with Crippen LogP contribution in [0.25, 0.3) is 26.6 Å². The van der Waals surface area contributed by atoms with Crippen molar-refractivity contribution >= 4 is 88.6 Å². The number of benzene rings is 5. The molecular formula is C74H82F6N10O15W5. The molecule has 5 heterocycles. The fourth-order valence-electron chi connectivity index (χ4n) is 8.57. The number of piperidine rings is 5. The minimum absolute atomic E-state index is 0. The van der Waals surface area contributed by atoms with Crippen LogP contribution in [0.3, 0.4) is 0 Å². The Hall–Kier alpha value is -7.83. The Labute approximate surface area is 707 Å². The van der Waals surface area contributed by atoms with E-state index in [0.717, 1.165) is 18.2 Å². The molecule has 5 saturated heterocycles. The van der Waals surface area contributed by atoms with Crippen molar-refractivity contribution in [2.24, 2.45) is 0 Å². The average Bonchev–Trinajstić information content (AvgIpc) is 0.853. The standard InChI is InChI=1S/4C13H12FN2O3.C12H9F2N2O3.5C2H6.5W/c1-7-4-8(6-9(14)5-7)12(18)15-10-2-3-11(17)16-13(10)19;1-7-6-8(2-3-9(7)14)12(18)15-10-4-5-11(17)16-13(10)19;1-7-2-3-8(6-9(7)14)12(18)15-10-4-5-11(17)16-13(10)19;1-7-3-2-4-8(11(7)14)12(18)15-9-5-6-10(17)16-13(9)19;13-6-1-2-8(14)7(5-6)11(18)15-9-3-4-10(17)16-12(9)19;5*1-2;;;;;/h4-5,10H,2-3H2,1H3,(H2,15,16,17,18,19);3,6,10H,4-5H2,1H3,(H2,15,16,17,18,19);2-3,10H,4-5H2,1H3,(H2,15,16,17,18,19);2-3,9H,5-6H2,1H3,(H2,15,16,17,18,19);1-2,9H,3-4H2,(H2,15,16,17,18,19);5*1-2H3;;;;;/q5*-1;;;;;;5*+2/p-5. The number of hydrogen-bond acceptors (Lipinski definition) is 15. The molecule has 5 aromatic carbocycles. The SMILES string of the molecule is CC.CC.CC.CC.CC.Cc1cc(C(=O)[N-]C2CCC(=O)NC2=O)[c-]cc1F.Cc1cc(F)[c-]c(C(=O)[N-]C2CCC(=O)NC2=O)c1.Cc1cc[c-]c(C(=O)[N-]C2CCC(=O)NC2=O)c1F.Cc1ccc(C(=O)[N-]C2CCC(=O)NC2=O)[c-]c1F.O=C1CCC([N-]C(=O)c2[c-]c(F)ccc2F)C(=O)N1.[W+2].[W+2].[W+2].[W+2].[W+2]. The Bertz CT molecular complexity index is 3810. The third-order valence-corrected chi connectivity index (χ3v) is 13.7. The molecule has 0 saturated carbocycles. The van der Waals surface area contributed by atoms with Crippen molar-refractivity contribution in [2.75, 3.05) is 0 Å². The van der Waals surface area contributed by atoms with E-state index >= 15 is 0 Å². The molecule has 5 atom stereocenters. The van der Waals surface area contributed by atoms with E-state index in [-0.39, 0.29) is 210 Å². The quantitative estimate of drug-likeness (QED) is 0.0493. The molecule has 25 nitrogen and oxygen atoms in total. The molecule has 0 aromatic heterocycles. The number of halogens is 6. The molecule has 0 aliphatic carbocycles. The summed E-state index contributed by atoms with van der Waals surface area (Å²) in [7, 11) is 0. The maximum atomic E-state index is 13.7. The Balaban J connectivity index is -0.000000401. The Morgan fingerprint density at radius 1 is 0.355 bits per heavy atom. The van der Waals surface area contributed by atoms with Crippen molar-refractivity contribution in [3.05, 3.63) is 203 Å². The number of carbonyl (C=O) groups is 15. The summed E-state index contributed by atoms with van der Waals surface area (Å²) in [6.07, 6.45) is 1.39. The molecule has 5 fully saturated rings. The zero-order valence-corrected chi connectivity index (χ0v) is 77.1. The van der Waals surface area contributed by atoms with E-state index in [1.165, 1.54) is 56.3 Å². The van der Waals surface area contributed by atoms with Crippen molar-refractivity contribution in [3.8, 4) is 0 Å². The van der Waals surface area contributed by atoms with Gasteiger partial charge in [-0.2, -0.15) is 0 Å². The molecule has 5 aromatic rings. The predicted molar refractivity (Wildman–Crippen MR) is 371 cm³/mol. The fourth-order valence-corrected chi connectivity index (χ4v) is 8.57. The van der Waals surface area contributed by atoms with E-state index in [1.807, 2.05) is 80.6 Å². The molecule has 36 heteroatoms. The van der Waals surface area contributed by atoms with Gasteiger partial charge in [0.15, 0.2) is 0 Å². The Morgan fingerprint density at radius 2 is 0.709 bits per heavy atom. The first-order chi connectivity index (χ1) is 49.8. The van der Waals surface area contributed by atoms with Gasteiger partial charge in [0.25, 0.3) is 0 Å². The zero-order valence-electron chi connectivity index (χ0n) is 62.4. The summed E-state index contributed by atoms with van der Waals surface area (Å²) < 4.78 is 79.3. The summed E-state index contributed by atoms with van der Waals surface area (Å²) in [4.78, 5) is 171. The van der Waals surface area contributed by atoms with Crippen LogP contribution in [0.2, 0.25) is 0 Å². The summed E-state index contributed by atoms with van der Waals surface area (Å²) in [5, 5.41) is 28.7. The molecule has 0 radical (unpaired) electrons. The van der Waals surface area contributed by atoms with Gasteiger partial charge in [-0.15, -0.1) is 113 Å². The smallest absolute Gasteiger partial charge is 0.684 e. The second-order valence-corrected chi connectivity index (χ2v) is 21.1. The summed E-state index contributed by atoms with van der Waals surface area (Å²) >= 11 is 0. The molecule has 5 unspecified atom stereocenters. The number of amides is 15. The zero-order chi connectivity index (χ0) is 80.0. The monoisotopic (exact) mass is 2380 g/mol. The van der Waals surface area contributed by atoms with Crippen LogP contribution >= 0.6 is 0 Å². The normalized spacial score (nSPS) is 16.6. The first-order valence-electron chi connectivity index (χ1n) is 33.4. The first-order valence-corrected chi connectivity index (χ1v) is 33.4. The van der Waals surface area contributed by atoms with Crippen molar-refractivity contribution in [3.63, 3.8) is 0 Å². The number of rotatable bonds is 10. The number of hydrogen-bond donors (Lipinski definition) is 5. The second kappa shape index (κ2) is 58.1. The number of nitrogens with zero attached hydrogens (tertiary/aromatic N) is 5. The topological polar surface area (TPSA) is 387 Å². The van der Waals surface area contributed by atoms with Gasteiger partial charge in [0, 0.05) is 67.0 Å². The largest absolute Gasteiger partial charge is 2.00 e. The van der Waals surface area contributed by atoms with Crippen LogP contribution in [0.1, 0.15) is 207 Å². The van der Waals surface area contributed by atoms with E-state index in [9.17, 15) is 98.3 Å². The van der Waals surface area contributed by atoms with Crippen LogP contribution in [-0.2, 0) is 153 Å². The van der Waals surface area contributed by atoms with Crippen molar-refractivity contribution in [1.82, 2.24) is 26.6 Å². The molecule has 110 heavy (non-hydrogen) atoms. The van der Waals surface area contributed by atoms with E-state index in [2.05, 4.69) is 72.1 Å². The molecule has 15 amide bonds. The van der Waals surface area contributed by atoms with Gasteiger partial charge < -0.3 is 50.6 Å². The van der Waals surface area contributed by atoms with E-state index in [0.29, 0.717) is 22.3 Å². The number of carbonyl (C=O) groups excluding carboxylic acids is 15. The molecule has 590 valence electrons. The molecule has 5 N–H and O–H groups in total. The van der Waals surface area contributed by atoms with Crippen LogP contribution < -0.4 is 26.6 Å². The minimum atomic E-state index is -1.08. The van der Waals surface area contributed by atoms with Crippen LogP contribution in [0, 0.1) is 92.9 Å². The molecule has 0 spiro atoms.